The minimum atomic E-state index is -3.08. The average Bonchev–Trinajstić information content (AvgIpc) is 2.96. The van der Waals surface area contributed by atoms with Crippen LogP contribution in [0.1, 0.15) is 30.7 Å². The predicted octanol–water partition coefficient (Wildman–Crippen LogP) is 2.26. The predicted molar refractivity (Wildman–Crippen MR) is 76.5 cm³/mol. The molecule has 1 amide bonds. The van der Waals surface area contributed by atoms with Gasteiger partial charge in [-0.2, -0.15) is 0 Å². The SMILES string of the molecule is CC[C@@H](NC(=O)C[C@@H]1C=CS(=O)(=O)C1)c1cccs1. The second kappa shape index (κ2) is 5.88. The number of carbonyl (C=O) groups excluding carboxylic acids is 1. The van der Waals surface area contributed by atoms with Crippen LogP contribution in [0.5, 0.6) is 0 Å². The van der Waals surface area contributed by atoms with Crippen molar-refractivity contribution < 1.29 is 13.2 Å². The van der Waals surface area contributed by atoms with E-state index in [2.05, 4.69) is 5.32 Å². The van der Waals surface area contributed by atoms with E-state index in [9.17, 15) is 13.2 Å². The van der Waals surface area contributed by atoms with E-state index in [1.165, 1.54) is 5.41 Å². The van der Waals surface area contributed by atoms with Gasteiger partial charge < -0.3 is 5.32 Å². The van der Waals surface area contributed by atoms with Crippen LogP contribution in [-0.4, -0.2) is 20.1 Å². The summed E-state index contributed by atoms with van der Waals surface area (Å²) in [5, 5.41) is 6.16. The number of hydrogen-bond acceptors (Lipinski definition) is 4. The lowest BCUT2D eigenvalue weighted by molar-refractivity contribution is -0.122. The van der Waals surface area contributed by atoms with Gasteiger partial charge in [0.2, 0.25) is 5.91 Å². The first-order valence-corrected chi connectivity index (χ1v) is 8.83. The fourth-order valence-corrected chi connectivity index (χ4v) is 4.38. The van der Waals surface area contributed by atoms with Crippen LogP contribution < -0.4 is 5.32 Å². The van der Waals surface area contributed by atoms with Crippen molar-refractivity contribution in [3.8, 4) is 0 Å². The number of thiophene rings is 1. The lowest BCUT2D eigenvalue weighted by atomic mass is 10.1. The fraction of sp³-hybridized carbons (Fsp3) is 0.462. The summed E-state index contributed by atoms with van der Waals surface area (Å²) in [6.45, 7) is 2.02. The van der Waals surface area contributed by atoms with Gasteiger partial charge in [-0.25, -0.2) is 8.42 Å². The van der Waals surface area contributed by atoms with Crippen molar-refractivity contribution in [2.75, 3.05) is 5.75 Å². The van der Waals surface area contributed by atoms with E-state index in [1.54, 1.807) is 17.4 Å². The maximum absolute atomic E-state index is 11.9. The molecule has 0 unspecified atom stereocenters. The first kappa shape index (κ1) is 14.3. The molecule has 1 aromatic heterocycles. The summed E-state index contributed by atoms with van der Waals surface area (Å²) in [5.41, 5.74) is 0. The second-order valence-electron chi connectivity index (χ2n) is 4.67. The van der Waals surface area contributed by atoms with Gasteiger partial charge in [-0.3, -0.25) is 4.79 Å². The zero-order valence-electron chi connectivity index (χ0n) is 10.7. The summed E-state index contributed by atoms with van der Waals surface area (Å²) in [6.07, 6.45) is 2.67. The number of hydrogen-bond donors (Lipinski definition) is 1. The molecule has 2 atom stereocenters. The van der Waals surface area contributed by atoms with Gasteiger partial charge in [0.25, 0.3) is 0 Å². The number of nitrogens with one attached hydrogen (secondary N) is 1. The van der Waals surface area contributed by atoms with Gasteiger partial charge in [-0.05, 0) is 17.9 Å². The Balaban J connectivity index is 1.89. The molecule has 1 N–H and O–H groups in total. The Morgan fingerprint density at radius 3 is 2.89 bits per heavy atom. The molecule has 2 rings (SSSR count). The number of allylic oxidation sites excluding steroid dienone is 1. The zero-order valence-corrected chi connectivity index (χ0v) is 12.3. The monoisotopic (exact) mass is 299 g/mol. The third kappa shape index (κ3) is 3.91. The van der Waals surface area contributed by atoms with Crippen molar-refractivity contribution in [3.63, 3.8) is 0 Å². The second-order valence-corrected chi connectivity index (χ2v) is 7.58. The third-order valence-corrected chi connectivity index (χ3v) is 5.53. The molecule has 0 aromatic carbocycles. The first-order valence-electron chi connectivity index (χ1n) is 6.24. The van der Waals surface area contributed by atoms with Crippen LogP contribution in [0.3, 0.4) is 0 Å². The first-order chi connectivity index (χ1) is 9.00. The maximum atomic E-state index is 11.9. The summed E-state index contributed by atoms with van der Waals surface area (Å²) >= 11 is 1.62. The summed E-state index contributed by atoms with van der Waals surface area (Å²) in [5.74, 6) is -0.228. The van der Waals surface area contributed by atoms with Crippen LogP contribution in [0.2, 0.25) is 0 Å². The normalized spacial score (nSPS) is 22.3. The number of amides is 1. The molecule has 0 radical (unpaired) electrons. The summed E-state index contributed by atoms with van der Waals surface area (Å²) in [4.78, 5) is 13.1. The molecular weight excluding hydrogens is 282 g/mol. The molecule has 6 heteroatoms. The molecule has 0 saturated carbocycles. The zero-order chi connectivity index (χ0) is 13.9. The largest absolute Gasteiger partial charge is 0.348 e. The number of sulfone groups is 1. The minimum absolute atomic E-state index is 0.0227. The van der Waals surface area contributed by atoms with E-state index >= 15 is 0 Å². The summed E-state index contributed by atoms with van der Waals surface area (Å²) in [6, 6.07) is 3.98. The van der Waals surface area contributed by atoms with Gasteiger partial charge in [-0.15, -0.1) is 11.3 Å². The highest BCUT2D eigenvalue weighted by atomic mass is 32.2. The van der Waals surface area contributed by atoms with Crippen molar-refractivity contribution >= 4 is 27.1 Å². The molecule has 1 aliphatic rings. The van der Waals surface area contributed by atoms with E-state index < -0.39 is 9.84 Å². The van der Waals surface area contributed by atoms with Crippen molar-refractivity contribution in [2.24, 2.45) is 5.92 Å². The van der Waals surface area contributed by atoms with Crippen LogP contribution in [0.25, 0.3) is 0 Å². The van der Waals surface area contributed by atoms with Crippen LogP contribution in [0.4, 0.5) is 0 Å². The van der Waals surface area contributed by atoms with Gasteiger partial charge in [0.05, 0.1) is 11.8 Å². The van der Waals surface area contributed by atoms with Crippen molar-refractivity contribution in [2.45, 2.75) is 25.8 Å². The molecular formula is C13H17NO3S2. The van der Waals surface area contributed by atoms with Crippen molar-refractivity contribution in [1.29, 1.82) is 0 Å². The number of rotatable bonds is 5. The Morgan fingerprint density at radius 1 is 1.58 bits per heavy atom. The fourth-order valence-electron chi connectivity index (χ4n) is 2.12. The Hall–Kier alpha value is -1.14. The molecule has 2 heterocycles. The molecule has 0 aliphatic carbocycles. The van der Waals surface area contributed by atoms with Crippen molar-refractivity contribution in [1.82, 2.24) is 5.32 Å². The molecule has 4 nitrogen and oxygen atoms in total. The minimum Gasteiger partial charge on any atom is -0.348 e. The van der Waals surface area contributed by atoms with Gasteiger partial charge in [0.15, 0.2) is 9.84 Å². The van der Waals surface area contributed by atoms with Gasteiger partial charge in [0, 0.05) is 22.6 Å². The molecule has 0 saturated heterocycles. The van der Waals surface area contributed by atoms with E-state index in [0.29, 0.717) is 0 Å². The molecule has 19 heavy (non-hydrogen) atoms. The molecule has 0 fully saturated rings. The van der Waals surface area contributed by atoms with E-state index in [1.807, 2.05) is 24.4 Å². The summed E-state index contributed by atoms with van der Waals surface area (Å²) in [7, 11) is -3.08. The van der Waals surface area contributed by atoms with E-state index in [0.717, 1.165) is 11.3 Å². The third-order valence-electron chi connectivity index (χ3n) is 3.08. The summed E-state index contributed by atoms with van der Waals surface area (Å²) < 4.78 is 22.5. The molecule has 1 aromatic rings. The highest BCUT2D eigenvalue weighted by Gasteiger charge is 2.24. The topological polar surface area (TPSA) is 63.2 Å². The Morgan fingerprint density at radius 2 is 2.37 bits per heavy atom. The van der Waals surface area contributed by atoms with Crippen molar-refractivity contribution in [3.05, 3.63) is 33.9 Å². The molecule has 0 spiro atoms. The standard InChI is InChI=1S/C13H17NO3S2/c1-2-11(12-4-3-6-18-12)14-13(15)8-10-5-7-19(16,17)9-10/h3-7,10-11H,2,8-9H2,1H3,(H,14,15)/t10-,11+/m0/s1. The number of carbonyl (C=O) groups is 1. The van der Waals surface area contributed by atoms with Gasteiger partial charge >= 0.3 is 0 Å². The lowest BCUT2D eigenvalue weighted by Gasteiger charge is -2.16. The van der Waals surface area contributed by atoms with Crippen LogP contribution in [-0.2, 0) is 14.6 Å². The molecule has 104 valence electrons. The maximum Gasteiger partial charge on any atom is 0.221 e. The van der Waals surface area contributed by atoms with Crippen LogP contribution in [0, 0.1) is 5.92 Å². The van der Waals surface area contributed by atoms with E-state index in [-0.39, 0.29) is 30.0 Å². The molecule has 0 bridgehead atoms. The Bertz CT molecular complexity index is 561. The van der Waals surface area contributed by atoms with E-state index in [4.69, 9.17) is 0 Å². The average molecular weight is 299 g/mol. The van der Waals surface area contributed by atoms with Crippen LogP contribution >= 0.6 is 11.3 Å². The lowest BCUT2D eigenvalue weighted by Crippen LogP contribution is -2.29. The van der Waals surface area contributed by atoms with Gasteiger partial charge in [0.1, 0.15) is 0 Å². The highest BCUT2D eigenvalue weighted by Crippen LogP contribution is 2.23. The molecule has 1 aliphatic heterocycles. The quantitative estimate of drug-likeness (QED) is 0.907. The highest BCUT2D eigenvalue weighted by molar-refractivity contribution is 7.94. The Labute approximate surface area is 117 Å². The Kier molecular flexibility index (Phi) is 4.42. The van der Waals surface area contributed by atoms with Gasteiger partial charge in [-0.1, -0.05) is 19.1 Å². The van der Waals surface area contributed by atoms with Crippen LogP contribution in [0.15, 0.2) is 29.0 Å². The smallest absolute Gasteiger partial charge is 0.221 e.